The van der Waals surface area contributed by atoms with Crippen LogP contribution in [0.2, 0.25) is 0 Å². The van der Waals surface area contributed by atoms with E-state index in [9.17, 15) is 0 Å². The highest BCUT2D eigenvalue weighted by molar-refractivity contribution is 5.80. The summed E-state index contributed by atoms with van der Waals surface area (Å²) in [6, 6.07) is 9.37. The topological polar surface area (TPSA) is 45.7 Å². The first-order valence-electron chi connectivity index (χ1n) is 9.41. The predicted molar refractivity (Wildman–Crippen MR) is 99.3 cm³/mol. The standard InChI is InChI=1S/C20H31N3O/c1-15-9-11-16(12-10-15)19-17(6-5-13-24-19)14-22-20(21-2)23-18-7-3-4-8-18/h9-12,17-19H,3-8,13-14H2,1-2H3,(H2,21,22,23). The number of aliphatic imine (C=N–C) groups is 1. The van der Waals surface area contributed by atoms with Crippen molar-refractivity contribution >= 4 is 5.96 Å². The molecule has 0 spiro atoms. The molecule has 1 aliphatic heterocycles. The van der Waals surface area contributed by atoms with Crippen LogP contribution in [-0.4, -0.2) is 32.2 Å². The number of nitrogens with one attached hydrogen (secondary N) is 2. The average molecular weight is 329 g/mol. The molecule has 2 unspecified atom stereocenters. The molecule has 0 bridgehead atoms. The third kappa shape index (κ3) is 4.50. The quantitative estimate of drug-likeness (QED) is 0.656. The number of aryl methyl sites for hydroxylation is 1. The van der Waals surface area contributed by atoms with E-state index in [4.69, 9.17) is 4.74 Å². The van der Waals surface area contributed by atoms with Gasteiger partial charge in [-0.3, -0.25) is 4.99 Å². The number of benzene rings is 1. The Morgan fingerprint density at radius 3 is 2.58 bits per heavy atom. The SMILES string of the molecule is CN=C(NCC1CCCOC1c1ccc(C)cc1)NC1CCCC1. The van der Waals surface area contributed by atoms with Gasteiger partial charge in [-0.1, -0.05) is 42.7 Å². The van der Waals surface area contributed by atoms with Crippen molar-refractivity contribution in [1.29, 1.82) is 0 Å². The van der Waals surface area contributed by atoms with E-state index in [1.807, 2.05) is 7.05 Å². The zero-order valence-corrected chi connectivity index (χ0v) is 15.1. The van der Waals surface area contributed by atoms with Crippen molar-refractivity contribution in [2.24, 2.45) is 10.9 Å². The Labute approximate surface area is 146 Å². The summed E-state index contributed by atoms with van der Waals surface area (Å²) in [7, 11) is 1.86. The van der Waals surface area contributed by atoms with Crippen LogP contribution in [-0.2, 0) is 4.74 Å². The fraction of sp³-hybridized carbons (Fsp3) is 0.650. The fourth-order valence-corrected chi connectivity index (χ4v) is 3.86. The van der Waals surface area contributed by atoms with E-state index < -0.39 is 0 Å². The molecule has 1 heterocycles. The Balaban J connectivity index is 1.57. The third-order valence-electron chi connectivity index (χ3n) is 5.30. The second kappa shape index (κ2) is 8.52. The molecule has 0 aromatic heterocycles. The lowest BCUT2D eigenvalue weighted by Crippen LogP contribution is -2.45. The van der Waals surface area contributed by atoms with Crippen LogP contribution in [0.15, 0.2) is 29.3 Å². The van der Waals surface area contributed by atoms with Crippen molar-refractivity contribution in [2.45, 2.75) is 57.6 Å². The molecule has 4 heteroatoms. The Morgan fingerprint density at radius 1 is 1.12 bits per heavy atom. The molecule has 2 N–H and O–H groups in total. The Hall–Kier alpha value is -1.55. The summed E-state index contributed by atoms with van der Waals surface area (Å²) in [5.41, 5.74) is 2.59. The van der Waals surface area contributed by atoms with Crippen molar-refractivity contribution in [3.8, 4) is 0 Å². The fourth-order valence-electron chi connectivity index (χ4n) is 3.86. The van der Waals surface area contributed by atoms with Gasteiger partial charge in [-0.25, -0.2) is 0 Å². The molecular weight excluding hydrogens is 298 g/mol. The van der Waals surface area contributed by atoms with Gasteiger partial charge in [0.1, 0.15) is 0 Å². The molecule has 24 heavy (non-hydrogen) atoms. The van der Waals surface area contributed by atoms with Crippen LogP contribution in [0, 0.1) is 12.8 Å². The molecule has 1 aromatic carbocycles. The highest BCUT2D eigenvalue weighted by Crippen LogP contribution is 2.33. The van der Waals surface area contributed by atoms with Crippen LogP contribution in [0.4, 0.5) is 0 Å². The Kier molecular flexibility index (Phi) is 6.13. The molecule has 3 rings (SSSR count). The van der Waals surface area contributed by atoms with Gasteiger partial charge < -0.3 is 15.4 Å². The summed E-state index contributed by atoms with van der Waals surface area (Å²) in [5, 5.41) is 7.10. The molecule has 1 aliphatic carbocycles. The monoisotopic (exact) mass is 329 g/mol. The van der Waals surface area contributed by atoms with E-state index in [1.54, 1.807) is 0 Å². The summed E-state index contributed by atoms with van der Waals surface area (Å²) < 4.78 is 6.12. The van der Waals surface area contributed by atoms with Crippen LogP contribution in [0.5, 0.6) is 0 Å². The highest BCUT2D eigenvalue weighted by atomic mass is 16.5. The van der Waals surface area contributed by atoms with Gasteiger partial charge in [-0.05, 0) is 38.2 Å². The minimum atomic E-state index is 0.191. The molecular formula is C20H31N3O. The van der Waals surface area contributed by atoms with Crippen molar-refractivity contribution in [1.82, 2.24) is 10.6 Å². The predicted octanol–water partition coefficient (Wildman–Crippen LogP) is 3.57. The molecule has 2 atom stereocenters. The second-order valence-electron chi connectivity index (χ2n) is 7.18. The van der Waals surface area contributed by atoms with Crippen molar-refractivity contribution < 1.29 is 4.74 Å². The number of guanidine groups is 1. The molecule has 0 amide bonds. The summed E-state index contributed by atoms with van der Waals surface area (Å²) in [4.78, 5) is 4.40. The van der Waals surface area contributed by atoms with Crippen LogP contribution >= 0.6 is 0 Å². The van der Waals surface area contributed by atoms with Crippen LogP contribution in [0.3, 0.4) is 0 Å². The van der Waals surface area contributed by atoms with Gasteiger partial charge in [0, 0.05) is 32.2 Å². The van der Waals surface area contributed by atoms with Crippen molar-refractivity contribution in [2.75, 3.05) is 20.2 Å². The number of hydrogen-bond donors (Lipinski definition) is 2. The molecule has 4 nitrogen and oxygen atoms in total. The van der Waals surface area contributed by atoms with Gasteiger partial charge in [0.15, 0.2) is 5.96 Å². The lowest BCUT2D eigenvalue weighted by atomic mass is 9.89. The number of ether oxygens (including phenoxy) is 1. The van der Waals surface area contributed by atoms with Crippen molar-refractivity contribution in [3.05, 3.63) is 35.4 Å². The Morgan fingerprint density at radius 2 is 1.88 bits per heavy atom. The third-order valence-corrected chi connectivity index (χ3v) is 5.30. The summed E-state index contributed by atoms with van der Waals surface area (Å²) in [6.45, 7) is 3.90. The zero-order valence-electron chi connectivity index (χ0n) is 15.1. The van der Waals surface area contributed by atoms with Gasteiger partial charge in [0.25, 0.3) is 0 Å². The maximum Gasteiger partial charge on any atom is 0.191 e. The maximum atomic E-state index is 6.12. The van der Waals surface area contributed by atoms with Gasteiger partial charge in [-0.15, -0.1) is 0 Å². The van der Waals surface area contributed by atoms with Crippen LogP contribution in [0.1, 0.15) is 55.8 Å². The number of hydrogen-bond acceptors (Lipinski definition) is 2. The van der Waals surface area contributed by atoms with Gasteiger partial charge in [-0.2, -0.15) is 0 Å². The second-order valence-corrected chi connectivity index (χ2v) is 7.18. The van der Waals surface area contributed by atoms with E-state index in [1.165, 1.54) is 43.2 Å². The van der Waals surface area contributed by atoms with Gasteiger partial charge in [0.2, 0.25) is 0 Å². The minimum Gasteiger partial charge on any atom is -0.373 e. The number of rotatable bonds is 4. The molecule has 2 fully saturated rings. The van der Waals surface area contributed by atoms with E-state index in [-0.39, 0.29) is 6.10 Å². The largest absolute Gasteiger partial charge is 0.373 e. The molecule has 2 aliphatic rings. The minimum absolute atomic E-state index is 0.191. The van der Waals surface area contributed by atoms with E-state index in [0.717, 1.165) is 25.5 Å². The lowest BCUT2D eigenvalue weighted by molar-refractivity contribution is -0.0265. The summed E-state index contributed by atoms with van der Waals surface area (Å²) >= 11 is 0. The van der Waals surface area contributed by atoms with Gasteiger partial charge in [0.05, 0.1) is 6.10 Å². The first-order chi connectivity index (χ1) is 11.8. The first kappa shape index (κ1) is 17.3. The molecule has 1 saturated carbocycles. The average Bonchev–Trinajstić information content (AvgIpc) is 3.13. The highest BCUT2D eigenvalue weighted by Gasteiger charge is 2.27. The normalized spacial score (nSPS) is 25.7. The van der Waals surface area contributed by atoms with E-state index >= 15 is 0 Å². The Bertz CT molecular complexity index is 534. The molecule has 0 radical (unpaired) electrons. The number of nitrogens with zero attached hydrogens (tertiary/aromatic N) is 1. The van der Waals surface area contributed by atoms with E-state index in [2.05, 4.69) is 46.8 Å². The van der Waals surface area contributed by atoms with E-state index in [0.29, 0.717) is 12.0 Å². The zero-order chi connectivity index (χ0) is 16.8. The summed E-state index contributed by atoms with van der Waals surface area (Å²) in [5.74, 6) is 1.43. The van der Waals surface area contributed by atoms with Crippen LogP contribution in [0.25, 0.3) is 0 Å². The van der Waals surface area contributed by atoms with Crippen molar-refractivity contribution in [3.63, 3.8) is 0 Å². The smallest absolute Gasteiger partial charge is 0.191 e. The molecule has 1 saturated heterocycles. The molecule has 132 valence electrons. The molecule has 1 aromatic rings. The van der Waals surface area contributed by atoms with Crippen LogP contribution < -0.4 is 10.6 Å². The lowest BCUT2D eigenvalue weighted by Gasteiger charge is -2.33. The summed E-state index contributed by atoms with van der Waals surface area (Å²) in [6.07, 6.45) is 7.73. The van der Waals surface area contributed by atoms with Gasteiger partial charge >= 0.3 is 0 Å². The maximum absolute atomic E-state index is 6.12. The first-order valence-corrected chi connectivity index (χ1v) is 9.41.